The highest BCUT2D eigenvalue weighted by Gasteiger charge is 2.31. The van der Waals surface area contributed by atoms with Gasteiger partial charge in [0.25, 0.3) is 0 Å². The first-order chi connectivity index (χ1) is 10.9. The number of carbonyl (C=O) groups is 2. The van der Waals surface area contributed by atoms with E-state index in [0.29, 0.717) is 12.6 Å². The quantitative estimate of drug-likeness (QED) is 0.794. The van der Waals surface area contributed by atoms with Crippen molar-refractivity contribution in [3.05, 3.63) is 0 Å². The maximum atomic E-state index is 12.5. The summed E-state index contributed by atoms with van der Waals surface area (Å²) in [5.41, 5.74) is 0. The minimum absolute atomic E-state index is 0.0837. The van der Waals surface area contributed by atoms with E-state index in [2.05, 4.69) is 11.8 Å². The van der Waals surface area contributed by atoms with E-state index >= 15 is 0 Å². The van der Waals surface area contributed by atoms with Crippen LogP contribution in [0.1, 0.15) is 52.9 Å². The molecule has 2 rings (SSSR count). The molecule has 23 heavy (non-hydrogen) atoms. The molecule has 132 valence electrons. The Bertz CT molecular complexity index is 416. The SMILES string of the molecule is CC1CCCCN1CC(=O)N1CCC(C(=O)N(C)C(C)C)CC1. The minimum atomic E-state index is 0.0837. The molecule has 5 heteroatoms. The van der Waals surface area contributed by atoms with Crippen molar-refractivity contribution < 1.29 is 9.59 Å². The van der Waals surface area contributed by atoms with Gasteiger partial charge in [-0.3, -0.25) is 14.5 Å². The van der Waals surface area contributed by atoms with E-state index in [1.165, 1.54) is 19.3 Å². The van der Waals surface area contributed by atoms with E-state index in [9.17, 15) is 9.59 Å². The molecule has 1 atom stereocenters. The predicted octanol–water partition coefficient (Wildman–Crippen LogP) is 1.97. The topological polar surface area (TPSA) is 43.9 Å². The summed E-state index contributed by atoms with van der Waals surface area (Å²) in [6.45, 7) is 9.34. The lowest BCUT2D eigenvalue weighted by molar-refractivity contribution is -0.141. The number of hydrogen-bond donors (Lipinski definition) is 0. The van der Waals surface area contributed by atoms with Crippen molar-refractivity contribution in [3.8, 4) is 0 Å². The molecule has 2 aliphatic rings. The van der Waals surface area contributed by atoms with E-state index in [-0.39, 0.29) is 23.8 Å². The third kappa shape index (κ3) is 4.69. The van der Waals surface area contributed by atoms with Crippen LogP contribution in [0.15, 0.2) is 0 Å². The zero-order valence-corrected chi connectivity index (χ0v) is 15.3. The van der Waals surface area contributed by atoms with E-state index in [1.54, 1.807) is 0 Å². The summed E-state index contributed by atoms with van der Waals surface area (Å²) in [5.74, 6) is 0.555. The summed E-state index contributed by atoms with van der Waals surface area (Å²) in [4.78, 5) is 31.0. The lowest BCUT2D eigenvalue weighted by atomic mass is 9.95. The van der Waals surface area contributed by atoms with Gasteiger partial charge in [-0.05, 0) is 53.0 Å². The maximum Gasteiger partial charge on any atom is 0.236 e. The highest BCUT2D eigenvalue weighted by Crippen LogP contribution is 2.21. The summed E-state index contributed by atoms with van der Waals surface area (Å²) in [5, 5.41) is 0. The molecule has 0 spiro atoms. The standard InChI is InChI=1S/C18H33N3O2/c1-14(2)19(4)18(23)16-8-11-20(12-9-16)17(22)13-21-10-6-5-7-15(21)3/h14-16H,5-13H2,1-4H3. The van der Waals surface area contributed by atoms with Crippen molar-refractivity contribution in [1.82, 2.24) is 14.7 Å². The molecule has 1 unspecified atom stereocenters. The molecule has 0 bridgehead atoms. The predicted molar refractivity (Wildman–Crippen MR) is 92.1 cm³/mol. The highest BCUT2D eigenvalue weighted by atomic mass is 16.2. The Hall–Kier alpha value is -1.10. The van der Waals surface area contributed by atoms with Gasteiger partial charge >= 0.3 is 0 Å². The van der Waals surface area contributed by atoms with Crippen molar-refractivity contribution in [2.24, 2.45) is 5.92 Å². The van der Waals surface area contributed by atoms with E-state index < -0.39 is 0 Å². The van der Waals surface area contributed by atoms with Gasteiger partial charge in [-0.2, -0.15) is 0 Å². The van der Waals surface area contributed by atoms with Crippen LogP contribution in [0, 0.1) is 5.92 Å². The Kier molecular flexibility index (Phi) is 6.45. The first-order valence-electron chi connectivity index (χ1n) is 9.18. The van der Waals surface area contributed by atoms with Gasteiger partial charge in [0.15, 0.2) is 0 Å². The summed E-state index contributed by atoms with van der Waals surface area (Å²) in [6.07, 6.45) is 5.29. The summed E-state index contributed by atoms with van der Waals surface area (Å²) < 4.78 is 0. The number of carbonyl (C=O) groups excluding carboxylic acids is 2. The van der Waals surface area contributed by atoms with Crippen molar-refractivity contribution in [2.75, 3.05) is 33.2 Å². The number of amides is 2. The van der Waals surface area contributed by atoms with Gasteiger partial charge in [0.1, 0.15) is 0 Å². The zero-order chi connectivity index (χ0) is 17.0. The monoisotopic (exact) mass is 323 g/mol. The van der Waals surface area contributed by atoms with Gasteiger partial charge in [0.2, 0.25) is 11.8 Å². The van der Waals surface area contributed by atoms with Crippen LogP contribution in [0.3, 0.4) is 0 Å². The Morgan fingerprint density at radius 2 is 1.74 bits per heavy atom. The van der Waals surface area contributed by atoms with Gasteiger partial charge in [-0.1, -0.05) is 6.42 Å². The normalized spacial score (nSPS) is 24.0. The molecule has 0 aromatic rings. The third-order valence-electron chi connectivity index (χ3n) is 5.60. The number of rotatable bonds is 4. The lowest BCUT2D eigenvalue weighted by Gasteiger charge is -2.37. The molecular formula is C18H33N3O2. The van der Waals surface area contributed by atoms with Crippen LogP contribution in [0.2, 0.25) is 0 Å². The summed E-state index contributed by atoms with van der Waals surface area (Å²) >= 11 is 0. The van der Waals surface area contributed by atoms with Crippen LogP contribution in [0.5, 0.6) is 0 Å². The van der Waals surface area contributed by atoms with Crippen molar-refractivity contribution in [2.45, 2.75) is 65.0 Å². The van der Waals surface area contributed by atoms with Crippen LogP contribution in [0.25, 0.3) is 0 Å². The van der Waals surface area contributed by atoms with Gasteiger partial charge in [0.05, 0.1) is 6.54 Å². The largest absolute Gasteiger partial charge is 0.343 e. The Balaban J connectivity index is 1.79. The van der Waals surface area contributed by atoms with Crippen LogP contribution in [0.4, 0.5) is 0 Å². The second-order valence-electron chi connectivity index (χ2n) is 7.51. The molecule has 2 aliphatic heterocycles. The van der Waals surface area contributed by atoms with Crippen LogP contribution < -0.4 is 0 Å². The van der Waals surface area contributed by atoms with Crippen LogP contribution in [-0.4, -0.2) is 71.8 Å². The van der Waals surface area contributed by atoms with E-state index in [1.807, 2.05) is 30.7 Å². The van der Waals surface area contributed by atoms with Crippen molar-refractivity contribution in [3.63, 3.8) is 0 Å². The Morgan fingerprint density at radius 1 is 1.09 bits per heavy atom. The zero-order valence-electron chi connectivity index (χ0n) is 15.3. The van der Waals surface area contributed by atoms with Crippen molar-refractivity contribution in [1.29, 1.82) is 0 Å². The molecule has 0 saturated carbocycles. The van der Waals surface area contributed by atoms with Crippen LogP contribution >= 0.6 is 0 Å². The smallest absolute Gasteiger partial charge is 0.236 e. The van der Waals surface area contributed by atoms with Gasteiger partial charge in [-0.15, -0.1) is 0 Å². The number of hydrogen-bond acceptors (Lipinski definition) is 3. The highest BCUT2D eigenvalue weighted by molar-refractivity contribution is 5.81. The summed E-state index contributed by atoms with van der Waals surface area (Å²) in [7, 11) is 1.88. The van der Waals surface area contributed by atoms with Gasteiger partial charge < -0.3 is 9.80 Å². The van der Waals surface area contributed by atoms with E-state index in [4.69, 9.17) is 0 Å². The molecule has 2 amide bonds. The molecule has 0 radical (unpaired) electrons. The molecule has 0 aromatic heterocycles. The lowest BCUT2D eigenvalue weighted by Crippen LogP contribution is -2.49. The molecule has 0 aromatic carbocycles. The first kappa shape index (κ1) is 18.2. The molecule has 5 nitrogen and oxygen atoms in total. The van der Waals surface area contributed by atoms with Gasteiger partial charge in [0, 0.05) is 38.1 Å². The van der Waals surface area contributed by atoms with Crippen LogP contribution in [-0.2, 0) is 9.59 Å². The number of likely N-dealkylation sites (tertiary alicyclic amines) is 2. The van der Waals surface area contributed by atoms with E-state index in [0.717, 1.165) is 32.5 Å². The summed E-state index contributed by atoms with van der Waals surface area (Å²) in [6, 6.07) is 0.759. The third-order valence-corrected chi connectivity index (χ3v) is 5.60. The fraction of sp³-hybridized carbons (Fsp3) is 0.889. The van der Waals surface area contributed by atoms with Gasteiger partial charge in [-0.25, -0.2) is 0 Å². The number of nitrogens with zero attached hydrogens (tertiary/aromatic N) is 3. The molecule has 2 fully saturated rings. The second kappa shape index (κ2) is 8.13. The molecule has 2 heterocycles. The maximum absolute atomic E-state index is 12.5. The second-order valence-corrected chi connectivity index (χ2v) is 7.51. The minimum Gasteiger partial charge on any atom is -0.343 e. The fourth-order valence-corrected chi connectivity index (χ4v) is 3.58. The average molecular weight is 323 g/mol. The Morgan fingerprint density at radius 3 is 2.30 bits per heavy atom. The molecule has 2 saturated heterocycles. The van der Waals surface area contributed by atoms with Crippen molar-refractivity contribution >= 4 is 11.8 Å². The molecule has 0 aliphatic carbocycles. The molecular weight excluding hydrogens is 290 g/mol. The average Bonchev–Trinajstić information content (AvgIpc) is 2.55. The molecule has 0 N–H and O–H groups in total. The first-order valence-corrected chi connectivity index (χ1v) is 9.18. The fourth-order valence-electron chi connectivity index (χ4n) is 3.58. The Labute approximate surface area is 141 Å². The number of piperidine rings is 2.